The van der Waals surface area contributed by atoms with Crippen LogP contribution in [0.15, 0.2) is 0 Å². The molecule has 1 heterocycles. The molecule has 1 rings (SSSR count). The first-order valence-corrected chi connectivity index (χ1v) is 3.68. The van der Waals surface area contributed by atoms with Crippen molar-refractivity contribution in [3.8, 4) is 0 Å². The van der Waals surface area contributed by atoms with Crippen molar-refractivity contribution in [1.29, 1.82) is 0 Å². The van der Waals surface area contributed by atoms with E-state index in [1.807, 2.05) is 0 Å². The van der Waals surface area contributed by atoms with Crippen LogP contribution in [-0.4, -0.2) is 30.7 Å². The Balaban J connectivity index is 2.38. The Morgan fingerprint density at radius 2 is 2.18 bits per heavy atom. The molecule has 0 aromatic carbocycles. The van der Waals surface area contributed by atoms with Crippen molar-refractivity contribution in [2.24, 2.45) is 5.73 Å². The van der Waals surface area contributed by atoms with Crippen molar-refractivity contribution in [3.05, 3.63) is 0 Å². The largest absolute Gasteiger partial charge is 0.378 e. The van der Waals surface area contributed by atoms with Crippen molar-refractivity contribution in [2.75, 3.05) is 13.2 Å². The number of rotatable bonds is 3. The highest BCUT2D eigenvalue weighted by Crippen LogP contribution is 2.07. The zero-order valence-corrected chi connectivity index (χ0v) is 6.89. The lowest BCUT2D eigenvalue weighted by atomic mass is 10.0. The average molecular weight is 158 g/mol. The van der Waals surface area contributed by atoms with Crippen molar-refractivity contribution in [3.63, 3.8) is 0 Å². The summed E-state index contributed by atoms with van der Waals surface area (Å²) >= 11 is 0. The van der Waals surface area contributed by atoms with Crippen LogP contribution in [0.5, 0.6) is 0 Å². The first kappa shape index (κ1) is 8.49. The van der Waals surface area contributed by atoms with Crippen LogP contribution in [0.1, 0.15) is 13.8 Å². The zero-order chi connectivity index (χ0) is 8.48. The second-order valence-electron chi connectivity index (χ2n) is 3.37. The summed E-state index contributed by atoms with van der Waals surface area (Å²) in [5, 5.41) is 3.09. The summed E-state index contributed by atoms with van der Waals surface area (Å²) < 4.78 is 4.95. The fourth-order valence-corrected chi connectivity index (χ4v) is 0.900. The van der Waals surface area contributed by atoms with Crippen LogP contribution in [-0.2, 0) is 9.53 Å². The number of amides is 1. The van der Waals surface area contributed by atoms with Crippen LogP contribution < -0.4 is 11.1 Å². The van der Waals surface area contributed by atoms with E-state index < -0.39 is 5.54 Å². The first-order chi connectivity index (χ1) is 5.02. The Labute approximate surface area is 66.1 Å². The van der Waals surface area contributed by atoms with Gasteiger partial charge in [-0.25, -0.2) is 0 Å². The summed E-state index contributed by atoms with van der Waals surface area (Å²) in [4.78, 5) is 10.8. The van der Waals surface area contributed by atoms with Crippen molar-refractivity contribution in [1.82, 2.24) is 5.32 Å². The van der Waals surface area contributed by atoms with Gasteiger partial charge in [0, 0.05) is 0 Å². The summed E-state index contributed by atoms with van der Waals surface area (Å²) in [7, 11) is 0. The molecule has 0 unspecified atom stereocenters. The standard InChI is InChI=1S/C7H14N2O2/c1-7(2,6(8)10)9-5-3-11-4-5/h5,9H,3-4H2,1-2H3,(H2,8,10). The van der Waals surface area contributed by atoms with Gasteiger partial charge in [-0.1, -0.05) is 0 Å². The van der Waals surface area contributed by atoms with E-state index in [1.165, 1.54) is 0 Å². The smallest absolute Gasteiger partial charge is 0.237 e. The number of nitrogens with one attached hydrogen (secondary N) is 1. The monoisotopic (exact) mass is 158 g/mol. The minimum absolute atomic E-state index is 0.289. The normalized spacial score (nSPS) is 19.5. The van der Waals surface area contributed by atoms with Crippen LogP contribution in [0, 0.1) is 0 Å². The third-order valence-corrected chi connectivity index (χ3v) is 1.82. The molecule has 0 bridgehead atoms. The van der Waals surface area contributed by atoms with Crippen LogP contribution in [0.4, 0.5) is 0 Å². The zero-order valence-electron chi connectivity index (χ0n) is 6.89. The highest BCUT2D eigenvalue weighted by molar-refractivity contribution is 5.83. The third kappa shape index (κ3) is 1.91. The van der Waals surface area contributed by atoms with E-state index in [4.69, 9.17) is 10.5 Å². The number of hydrogen-bond acceptors (Lipinski definition) is 3. The van der Waals surface area contributed by atoms with E-state index >= 15 is 0 Å². The molecule has 4 heteroatoms. The van der Waals surface area contributed by atoms with Crippen molar-refractivity contribution in [2.45, 2.75) is 25.4 Å². The molecule has 11 heavy (non-hydrogen) atoms. The number of nitrogens with two attached hydrogens (primary N) is 1. The fourth-order valence-electron chi connectivity index (χ4n) is 0.900. The molecule has 0 radical (unpaired) electrons. The van der Waals surface area contributed by atoms with Gasteiger partial charge in [-0.15, -0.1) is 0 Å². The Bertz CT molecular complexity index is 164. The second kappa shape index (κ2) is 2.79. The number of carbonyl (C=O) groups is 1. The molecular weight excluding hydrogens is 144 g/mol. The molecule has 4 nitrogen and oxygen atoms in total. The van der Waals surface area contributed by atoms with Gasteiger partial charge >= 0.3 is 0 Å². The lowest BCUT2D eigenvalue weighted by Crippen LogP contribution is -2.60. The summed E-state index contributed by atoms with van der Waals surface area (Å²) in [6.45, 7) is 4.90. The van der Waals surface area contributed by atoms with Gasteiger partial charge in [0.2, 0.25) is 5.91 Å². The average Bonchev–Trinajstić information content (AvgIpc) is 1.79. The van der Waals surface area contributed by atoms with E-state index in [0.29, 0.717) is 13.2 Å². The third-order valence-electron chi connectivity index (χ3n) is 1.82. The summed E-state index contributed by atoms with van der Waals surface area (Å²) in [5.74, 6) is -0.329. The molecule has 1 aliphatic heterocycles. The Morgan fingerprint density at radius 1 is 1.64 bits per heavy atom. The highest BCUT2D eigenvalue weighted by Gasteiger charge is 2.30. The quantitative estimate of drug-likeness (QED) is 0.567. The molecule has 0 atom stereocenters. The number of ether oxygens (including phenoxy) is 1. The topological polar surface area (TPSA) is 64.3 Å². The maximum atomic E-state index is 10.8. The highest BCUT2D eigenvalue weighted by atomic mass is 16.5. The second-order valence-corrected chi connectivity index (χ2v) is 3.37. The number of carbonyl (C=O) groups excluding carboxylic acids is 1. The van der Waals surface area contributed by atoms with Gasteiger partial charge in [-0.3, -0.25) is 10.1 Å². The molecule has 3 N–H and O–H groups in total. The molecule has 1 saturated heterocycles. The van der Waals surface area contributed by atoms with E-state index in [2.05, 4.69) is 5.32 Å². The van der Waals surface area contributed by atoms with Gasteiger partial charge in [0.25, 0.3) is 0 Å². The number of hydrogen-bond donors (Lipinski definition) is 2. The minimum Gasteiger partial charge on any atom is -0.378 e. The van der Waals surface area contributed by atoms with Crippen molar-refractivity contribution < 1.29 is 9.53 Å². The molecule has 0 spiro atoms. The molecular formula is C7H14N2O2. The predicted molar refractivity (Wildman–Crippen MR) is 41.0 cm³/mol. The lowest BCUT2D eigenvalue weighted by Gasteiger charge is -2.34. The van der Waals surface area contributed by atoms with E-state index in [-0.39, 0.29) is 11.9 Å². The van der Waals surface area contributed by atoms with Gasteiger partial charge in [0.15, 0.2) is 0 Å². The van der Waals surface area contributed by atoms with E-state index in [1.54, 1.807) is 13.8 Å². The van der Waals surface area contributed by atoms with Crippen LogP contribution in [0.2, 0.25) is 0 Å². The van der Waals surface area contributed by atoms with Gasteiger partial charge in [-0.2, -0.15) is 0 Å². The summed E-state index contributed by atoms with van der Waals surface area (Å²) in [6.07, 6.45) is 0. The number of primary amides is 1. The minimum atomic E-state index is -0.617. The van der Waals surface area contributed by atoms with Crippen LogP contribution in [0.3, 0.4) is 0 Å². The van der Waals surface area contributed by atoms with Gasteiger partial charge in [-0.05, 0) is 13.8 Å². The molecule has 1 aliphatic rings. The predicted octanol–water partition coefficient (Wildman–Crippen LogP) is -0.761. The van der Waals surface area contributed by atoms with Crippen molar-refractivity contribution >= 4 is 5.91 Å². The molecule has 0 aromatic rings. The SMILES string of the molecule is CC(C)(NC1COC1)C(N)=O. The summed E-state index contributed by atoms with van der Waals surface area (Å²) in [5.41, 5.74) is 4.54. The molecule has 0 aromatic heterocycles. The summed E-state index contributed by atoms with van der Waals surface area (Å²) in [6, 6.07) is 0.289. The van der Waals surface area contributed by atoms with Gasteiger partial charge in [0.05, 0.1) is 24.8 Å². The fraction of sp³-hybridized carbons (Fsp3) is 0.857. The maximum absolute atomic E-state index is 10.8. The molecule has 64 valence electrons. The maximum Gasteiger partial charge on any atom is 0.237 e. The van der Waals surface area contributed by atoms with Crippen LogP contribution in [0.25, 0.3) is 0 Å². The molecule has 0 saturated carbocycles. The Morgan fingerprint density at radius 3 is 2.45 bits per heavy atom. The van der Waals surface area contributed by atoms with E-state index in [0.717, 1.165) is 0 Å². The molecule has 1 fully saturated rings. The van der Waals surface area contributed by atoms with Crippen LogP contribution >= 0.6 is 0 Å². The van der Waals surface area contributed by atoms with Gasteiger partial charge < -0.3 is 10.5 Å². The van der Waals surface area contributed by atoms with E-state index in [9.17, 15) is 4.79 Å². The Kier molecular flexibility index (Phi) is 2.15. The molecule has 0 aliphatic carbocycles. The Hall–Kier alpha value is -0.610. The first-order valence-electron chi connectivity index (χ1n) is 3.68. The van der Waals surface area contributed by atoms with Gasteiger partial charge in [0.1, 0.15) is 0 Å². The molecule has 1 amide bonds. The lowest BCUT2D eigenvalue weighted by molar-refractivity contribution is -0.125.